The molecule has 13 heteroatoms. The van der Waals surface area contributed by atoms with Crippen molar-refractivity contribution in [2.45, 2.75) is 55.8 Å². The van der Waals surface area contributed by atoms with Gasteiger partial charge < -0.3 is 58.7 Å². The smallest absolute Gasteiger partial charge is 0.231 e. The monoisotopic (exact) mass is 548 g/mol. The van der Waals surface area contributed by atoms with E-state index in [1.807, 2.05) is 0 Å². The minimum Gasteiger partial charge on any atom is -0.507 e. The fourth-order valence-corrected chi connectivity index (χ4v) is 4.49. The summed E-state index contributed by atoms with van der Waals surface area (Å²) in [4.78, 5) is 13.2. The molecule has 0 aliphatic carbocycles. The molecule has 8 atom stereocenters. The standard InChI is InChI=1S/C26H28O13/c1-34-24-22(31)25(33)39-26(23(24)32)38-12-4-2-11(3-5-12)14-9-35-18-7-13(6-16(28)20(18)21(14)30)37-19-8-15(27)17(29)10-36-19/h2-7,9,15,17,19,22-29,31-33H,8,10H2,1H3/t15-,17-,19-,22+,23+,24+,25+,26?/m0/s1. The Morgan fingerprint density at radius 2 is 1.67 bits per heavy atom. The lowest BCUT2D eigenvalue weighted by Crippen LogP contribution is -2.59. The zero-order valence-corrected chi connectivity index (χ0v) is 20.6. The zero-order valence-electron chi connectivity index (χ0n) is 20.6. The highest BCUT2D eigenvalue weighted by molar-refractivity contribution is 5.88. The van der Waals surface area contributed by atoms with E-state index < -0.39 is 54.8 Å². The highest BCUT2D eigenvalue weighted by Crippen LogP contribution is 2.32. The number of phenols is 1. The Bertz CT molecular complexity index is 1360. The molecule has 0 amide bonds. The second-order valence-electron chi connectivity index (χ2n) is 9.26. The number of aliphatic hydroxyl groups excluding tert-OH is 5. The Hall–Kier alpha value is -3.27. The molecule has 210 valence electrons. The molecular weight excluding hydrogens is 520 g/mol. The van der Waals surface area contributed by atoms with Crippen molar-refractivity contribution in [2.24, 2.45) is 0 Å². The van der Waals surface area contributed by atoms with Crippen LogP contribution in [0.15, 0.2) is 51.9 Å². The minimum atomic E-state index is -1.63. The predicted molar refractivity (Wildman–Crippen MR) is 131 cm³/mol. The van der Waals surface area contributed by atoms with Gasteiger partial charge in [0.25, 0.3) is 0 Å². The van der Waals surface area contributed by atoms with Crippen LogP contribution in [0.25, 0.3) is 22.1 Å². The van der Waals surface area contributed by atoms with Crippen LogP contribution >= 0.6 is 0 Å². The molecule has 39 heavy (non-hydrogen) atoms. The van der Waals surface area contributed by atoms with Gasteiger partial charge in [-0.1, -0.05) is 12.1 Å². The zero-order chi connectivity index (χ0) is 27.8. The van der Waals surface area contributed by atoms with Crippen LogP contribution in [0.4, 0.5) is 0 Å². The normalized spacial score (nSPS) is 31.2. The van der Waals surface area contributed by atoms with Gasteiger partial charge in [0.1, 0.15) is 58.9 Å². The summed E-state index contributed by atoms with van der Waals surface area (Å²) in [7, 11) is 1.27. The molecule has 1 unspecified atom stereocenters. The first-order chi connectivity index (χ1) is 18.7. The van der Waals surface area contributed by atoms with Crippen molar-refractivity contribution in [3.8, 4) is 28.4 Å². The van der Waals surface area contributed by atoms with Crippen LogP contribution in [-0.2, 0) is 14.2 Å². The average molecular weight is 548 g/mol. The number of fused-ring (bicyclic) bond motifs is 1. The molecule has 3 heterocycles. The molecule has 6 N–H and O–H groups in total. The van der Waals surface area contributed by atoms with Crippen LogP contribution in [-0.4, -0.2) is 93.7 Å². The van der Waals surface area contributed by atoms with E-state index in [1.165, 1.54) is 37.6 Å². The number of rotatable bonds is 6. The van der Waals surface area contributed by atoms with Gasteiger partial charge in [0.15, 0.2) is 6.29 Å². The van der Waals surface area contributed by atoms with Crippen LogP contribution < -0.4 is 14.9 Å². The topological polar surface area (TPSA) is 198 Å². The lowest BCUT2D eigenvalue weighted by molar-refractivity contribution is -0.324. The van der Waals surface area contributed by atoms with Gasteiger partial charge in [-0.2, -0.15) is 0 Å². The van der Waals surface area contributed by atoms with Gasteiger partial charge >= 0.3 is 0 Å². The Kier molecular flexibility index (Phi) is 7.75. The maximum absolute atomic E-state index is 13.2. The van der Waals surface area contributed by atoms with Gasteiger partial charge in [0, 0.05) is 25.7 Å². The Morgan fingerprint density at radius 3 is 2.36 bits per heavy atom. The molecule has 1 aromatic heterocycles. The Morgan fingerprint density at radius 1 is 0.923 bits per heavy atom. The van der Waals surface area contributed by atoms with Crippen molar-refractivity contribution >= 4 is 11.0 Å². The van der Waals surface area contributed by atoms with E-state index in [9.17, 15) is 35.4 Å². The van der Waals surface area contributed by atoms with Crippen LogP contribution in [0, 0.1) is 0 Å². The summed E-state index contributed by atoms with van der Waals surface area (Å²) in [6, 6.07) is 8.74. The molecule has 2 saturated heterocycles. The molecule has 0 radical (unpaired) electrons. The van der Waals surface area contributed by atoms with E-state index in [0.29, 0.717) is 5.56 Å². The second kappa shape index (κ2) is 11.1. The van der Waals surface area contributed by atoms with Gasteiger partial charge in [-0.05, 0) is 17.7 Å². The third-order valence-electron chi connectivity index (χ3n) is 6.64. The summed E-state index contributed by atoms with van der Waals surface area (Å²) in [5.41, 5.74) is 0.147. The number of aromatic hydroxyl groups is 1. The van der Waals surface area contributed by atoms with Crippen LogP contribution in [0.3, 0.4) is 0 Å². The van der Waals surface area contributed by atoms with Gasteiger partial charge in [-0.25, -0.2) is 0 Å². The van der Waals surface area contributed by atoms with Crippen LogP contribution in [0.1, 0.15) is 6.42 Å². The van der Waals surface area contributed by atoms with Crippen LogP contribution in [0.5, 0.6) is 17.2 Å². The maximum Gasteiger partial charge on any atom is 0.231 e. The van der Waals surface area contributed by atoms with Crippen molar-refractivity contribution in [1.29, 1.82) is 0 Å². The van der Waals surface area contributed by atoms with E-state index >= 15 is 0 Å². The summed E-state index contributed by atoms with van der Waals surface area (Å²) in [6.07, 6.45) is -8.57. The molecule has 2 aliphatic rings. The SMILES string of the molecule is CO[C@@H]1[C@@H](O)[C@H](O)OC(Oc2ccc(-c3coc4cc(O[C@H]5C[C@H](O)[C@@H](O)CO5)cc(O)c4c3=O)cc2)[C@@H]1O. The summed E-state index contributed by atoms with van der Waals surface area (Å²) in [5, 5.41) is 60.0. The van der Waals surface area contributed by atoms with E-state index in [4.69, 9.17) is 28.1 Å². The summed E-state index contributed by atoms with van der Waals surface area (Å²) < 4.78 is 32.3. The van der Waals surface area contributed by atoms with Gasteiger partial charge in [0.2, 0.25) is 18.0 Å². The summed E-state index contributed by atoms with van der Waals surface area (Å²) in [5.74, 6) is -0.00332. The average Bonchev–Trinajstić information content (AvgIpc) is 2.90. The summed E-state index contributed by atoms with van der Waals surface area (Å²) in [6.45, 7) is -0.110. The number of hydrogen-bond donors (Lipinski definition) is 6. The molecule has 2 fully saturated rings. The molecule has 2 aliphatic heterocycles. The lowest BCUT2D eigenvalue weighted by Gasteiger charge is -2.39. The maximum atomic E-state index is 13.2. The van der Waals surface area contributed by atoms with Crippen molar-refractivity contribution in [3.63, 3.8) is 0 Å². The highest BCUT2D eigenvalue weighted by atomic mass is 16.7. The number of aliphatic hydroxyl groups is 5. The largest absolute Gasteiger partial charge is 0.507 e. The molecule has 0 saturated carbocycles. The molecule has 0 spiro atoms. The quantitative estimate of drug-likeness (QED) is 0.237. The molecular formula is C26H28O13. The Labute approximate surface area is 220 Å². The summed E-state index contributed by atoms with van der Waals surface area (Å²) >= 11 is 0. The van der Waals surface area contributed by atoms with E-state index in [-0.39, 0.29) is 46.8 Å². The van der Waals surface area contributed by atoms with Gasteiger partial charge in [-0.15, -0.1) is 0 Å². The lowest BCUT2D eigenvalue weighted by atomic mass is 10.0. The molecule has 2 aromatic carbocycles. The number of methoxy groups -OCH3 is 1. The van der Waals surface area contributed by atoms with Crippen LogP contribution in [0.2, 0.25) is 0 Å². The number of ether oxygens (including phenoxy) is 5. The van der Waals surface area contributed by atoms with Gasteiger partial charge in [-0.3, -0.25) is 4.79 Å². The van der Waals surface area contributed by atoms with E-state index in [1.54, 1.807) is 12.1 Å². The van der Waals surface area contributed by atoms with E-state index in [0.717, 1.165) is 0 Å². The van der Waals surface area contributed by atoms with E-state index in [2.05, 4.69) is 0 Å². The molecule has 3 aromatic rings. The third-order valence-corrected chi connectivity index (χ3v) is 6.64. The third kappa shape index (κ3) is 5.44. The fourth-order valence-electron chi connectivity index (χ4n) is 4.49. The molecule has 5 rings (SSSR count). The van der Waals surface area contributed by atoms with Crippen molar-refractivity contribution < 1.29 is 58.7 Å². The highest BCUT2D eigenvalue weighted by Gasteiger charge is 2.45. The predicted octanol–water partition coefficient (Wildman–Crippen LogP) is -0.197. The molecule has 0 bridgehead atoms. The van der Waals surface area contributed by atoms with Crippen molar-refractivity contribution in [1.82, 2.24) is 0 Å². The first-order valence-electron chi connectivity index (χ1n) is 12.1. The minimum absolute atomic E-state index is 0.0177. The fraction of sp³-hybridized carbons (Fsp3) is 0.423. The van der Waals surface area contributed by atoms with Crippen molar-refractivity contribution in [2.75, 3.05) is 13.7 Å². The number of benzene rings is 2. The number of hydrogen-bond acceptors (Lipinski definition) is 13. The Balaban J connectivity index is 1.34. The number of phenolic OH excluding ortho intramolecular Hbond substituents is 1. The first-order valence-corrected chi connectivity index (χ1v) is 12.1. The van der Waals surface area contributed by atoms with Gasteiger partial charge in [0.05, 0.1) is 18.3 Å². The second-order valence-corrected chi connectivity index (χ2v) is 9.26. The first kappa shape index (κ1) is 27.3. The molecule has 13 nitrogen and oxygen atoms in total. The van der Waals surface area contributed by atoms with Crippen molar-refractivity contribution in [3.05, 3.63) is 52.9 Å².